The van der Waals surface area contributed by atoms with E-state index < -0.39 is 12.0 Å². The van der Waals surface area contributed by atoms with Crippen LogP contribution in [-0.2, 0) is 4.79 Å². The van der Waals surface area contributed by atoms with Crippen molar-refractivity contribution in [1.82, 2.24) is 9.88 Å². The van der Waals surface area contributed by atoms with Crippen molar-refractivity contribution in [2.45, 2.75) is 25.8 Å². The van der Waals surface area contributed by atoms with Crippen LogP contribution < -0.4 is 4.90 Å². The number of likely N-dealkylation sites (N-methyl/N-ethyl adjacent to an activating group) is 1. The summed E-state index contributed by atoms with van der Waals surface area (Å²) in [6, 6.07) is 2.54. The summed E-state index contributed by atoms with van der Waals surface area (Å²) in [4.78, 5) is 31.1. The summed E-state index contributed by atoms with van der Waals surface area (Å²) in [5.41, 5.74) is 0.463. The number of carbonyl (C=O) groups is 2. The fourth-order valence-corrected chi connectivity index (χ4v) is 2.28. The van der Waals surface area contributed by atoms with Crippen LogP contribution in [0.15, 0.2) is 18.3 Å². The van der Waals surface area contributed by atoms with Crippen LogP contribution in [0.4, 0.5) is 5.82 Å². The molecule has 0 radical (unpaired) electrons. The summed E-state index contributed by atoms with van der Waals surface area (Å²) in [6.07, 6.45) is 3.84. The van der Waals surface area contributed by atoms with E-state index in [1.807, 2.05) is 0 Å². The minimum atomic E-state index is -1.02. The number of aromatic nitrogens is 1. The van der Waals surface area contributed by atoms with Gasteiger partial charge in [0.15, 0.2) is 0 Å². The molecule has 1 amide bonds. The Morgan fingerprint density at radius 1 is 1.40 bits per heavy atom. The first-order chi connectivity index (χ1) is 9.52. The number of pyridine rings is 1. The molecule has 0 bridgehead atoms. The van der Waals surface area contributed by atoms with Crippen LogP contribution in [0, 0.1) is 0 Å². The van der Waals surface area contributed by atoms with Crippen molar-refractivity contribution in [3.05, 3.63) is 23.9 Å². The number of rotatable bonds is 4. The molecule has 1 aromatic rings. The van der Waals surface area contributed by atoms with Crippen LogP contribution in [-0.4, -0.2) is 53.0 Å². The minimum Gasteiger partial charge on any atom is -0.480 e. The van der Waals surface area contributed by atoms with Gasteiger partial charge < -0.3 is 14.9 Å². The van der Waals surface area contributed by atoms with Crippen molar-refractivity contribution in [1.29, 1.82) is 0 Å². The molecule has 0 saturated carbocycles. The Morgan fingerprint density at radius 3 is 2.65 bits per heavy atom. The van der Waals surface area contributed by atoms with Crippen molar-refractivity contribution in [3.63, 3.8) is 0 Å². The van der Waals surface area contributed by atoms with Crippen LogP contribution in [0.1, 0.15) is 30.1 Å². The van der Waals surface area contributed by atoms with Crippen LogP contribution in [0.5, 0.6) is 0 Å². The summed E-state index contributed by atoms with van der Waals surface area (Å²) in [5, 5.41) is 9.01. The van der Waals surface area contributed by atoms with Crippen molar-refractivity contribution in [2.75, 3.05) is 25.0 Å². The van der Waals surface area contributed by atoms with E-state index >= 15 is 0 Å². The van der Waals surface area contributed by atoms with E-state index in [4.69, 9.17) is 5.11 Å². The highest BCUT2D eigenvalue weighted by atomic mass is 16.4. The van der Waals surface area contributed by atoms with Gasteiger partial charge in [-0.15, -0.1) is 0 Å². The Morgan fingerprint density at radius 2 is 2.05 bits per heavy atom. The average molecular weight is 277 g/mol. The highest BCUT2D eigenvalue weighted by Crippen LogP contribution is 2.23. The van der Waals surface area contributed by atoms with Gasteiger partial charge in [-0.1, -0.05) is 0 Å². The fraction of sp³-hybridized carbons (Fsp3) is 0.500. The van der Waals surface area contributed by atoms with Gasteiger partial charge in [0.05, 0.1) is 5.56 Å². The number of carbonyl (C=O) groups excluding carboxylic acids is 1. The van der Waals surface area contributed by atoms with Crippen molar-refractivity contribution in [3.8, 4) is 0 Å². The Bertz CT molecular complexity index is 512. The van der Waals surface area contributed by atoms with Crippen LogP contribution in [0.2, 0.25) is 0 Å². The lowest BCUT2D eigenvalue weighted by Crippen LogP contribution is -2.41. The average Bonchev–Trinajstić information content (AvgIpc) is 2.98. The molecule has 1 aliphatic heterocycles. The Kier molecular flexibility index (Phi) is 4.22. The number of aliphatic carboxylic acids is 1. The number of hydrogen-bond acceptors (Lipinski definition) is 4. The molecular weight excluding hydrogens is 258 g/mol. The number of nitrogens with zero attached hydrogens (tertiary/aromatic N) is 3. The van der Waals surface area contributed by atoms with Crippen molar-refractivity contribution >= 4 is 17.7 Å². The largest absolute Gasteiger partial charge is 0.480 e. The quantitative estimate of drug-likeness (QED) is 0.896. The van der Waals surface area contributed by atoms with Gasteiger partial charge in [0.25, 0.3) is 5.91 Å². The summed E-state index contributed by atoms with van der Waals surface area (Å²) < 4.78 is 0. The SMILES string of the molecule is C[C@@H](C(=O)O)N(C)C(=O)c1cccnc1N1CCCC1. The summed E-state index contributed by atoms with van der Waals surface area (Å²) >= 11 is 0. The molecule has 1 aromatic heterocycles. The minimum absolute atomic E-state index is 0.310. The van der Waals surface area contributed by atoms with Gasteiger partial charge in [-0.3, -0.25) is 4.79 Å². The van der Waals surface area contributed by atoms with Gasteiger partial charge >= 0.3 is 5.97 Å². The molecule has 2 heterocycles. The fourth-order valence-electron chi connectivity index (χ4n) is 2.28. The van der Waals surface area contributed by atoms with Crippen LogP contribution in [0.3, 0.4) is 0 Å². The number of carboxylic acids is 1. The third kappa shape index (κ3) is 2.74. The van der Waals surface area contributed by atoms with Gasteiger partial charge in [0, 0.05) is 26.3 Å². The zero-order valence-corrected chi connectivity index (χ0v) is 11.7. The standard InChI is InChI=1S/C14H19N3O3/c1-10(14(19)20)16(2)13(18)11-6-5-7-15-12(11)17-8-3-4-9-17/h5-7,10H,3-4,8-9H2,1-2H3,(H,19,20)/t10-/m0/s1. The molecule has 1 N–H and O–H groups in total. The third-order valence-corrected chi connectivity index (χ3v) is 3.68. The summed E-state index contributed by atoms with van der Waals surface area (Å²) in [7, 11) is 1.50. The molecule has 1 fully saturated rings. The second-order valence-corrected chi connectivity index (χ2v) is 5.00. The monoisotopic (exact) mass is 277 g/mol. The van der Waals surface area contributed by atoms with Crippen LogP contribution in [0.25, 0.3) is 0 Å². The molecule has 2 rings (SSSR count). The first-order valence-corrected chi connectivity index (χ1v) is 6.72. The van der Waals surface area contributed by atoms with Gasteiger partial charge in [-0.25, -0.2) is 9.78 Å². The molecule has 1 aliphatic rings. The lowest BCUT2D eigenvalue weighted by molar-refractivity contribution is -0.141. The molecule has 6 heteroatoms. The molecular formula is C14H19N3O3. The maximum Gasteiger partial charge on any atom is 0.326 e. The van der Waals surface area contributed by atoms with E-state index in [1.165, 1.54) is 18.9 Å². The van der Waals surface area contributed by atoms with E-state index in [9.17, 15) is 9.59 Å². The third-order valence-electron chi connectivity index (χ3n) is 3.68. The molecule has 20 heavy (non-hydrogen) atoms. The van der Waals surface area contributed by atoms with E-state index in [0.29, 0.717) is 11.4 Å². The molecule has 0 aliphatic carbocycles. The first-order valence-electron chi connectivity index (χ1n) is 6.72. The predicted octanol–water partition coefficient (Wildman–Crippen LogP) is 1.23. The number of anilines is 1. The smallest absolute Gasteiger partial charge is 0.326 e. The highest BCUT2D eigenvalue weighted by Gasteiger charge is 2.27. The Balaban J connectivity index is 2.27. The van der Waals surface area contributed by atoms with E-state index in [0.717, 1.165) is 25.9 Å². The van der Waals surface area contributed by atoms with Crippen LogP contribution >= 0.6 is 0 Å². The van der Waals surface area contributed by atoms with E-state index in [2.05, 4.69) is 9.88 Å². The predicted molar refractivity (Wildman–Crippen MR) is 74.9 cm³/mol. The molecule has 1 atom stereocenters. The maximum atomic E-state index is 12.5. The van der Waals surface area contributed by atoms with Gasteiger partial charge in [0.1, 0.15) is 11.9 Å². The zero-order chi connectivity index (χ0) is 14.7. The first kappa shape index (κ1) is 14.3. The lowest BCUT2D eigenvalue weighted by Gasteiger charge is -2.25. The second kappa shape index (κ2) is 5.90. The molecule has 1 saturated heterocycles. The molecule has 6 nitrogen and oxygen atoms in total. The van der Waals surface area contributed by atoms with E-state index in [1.54, 1.807) is 18.3 Å². The number of carboxylic acid groups (broad SMARTS) is 1. The summed E-state index contributed by atoms with van der Waals surface area (Å²) in [6.45, 7) is 3.26. The highest BCUT2D eigenvalue weighted by molar-refractivity contribution is 6.00. The van der Waals surface area contributed by atoms with Crippen molar-refractivity contribution in [2.24, 2.45) is 0 Å². The molecule has 0 aromatic carbocycles. The zero-order valence-electron chi connectivity index (χ0n) is 11.7. The number of amides is 1. The maximum absolute atomic E-state index is 12.5. The van der Waals surface area contributed by atoms with Gasteiger partial charge in [-0.05, 0) is 31.9 Å². The Labute approximate surface area is 118 Å². The van der Waals surface area contributed by atoms with Crippen molar-refractivity contribution < 1.29 is 14.7 Å². The number of hydrogen-bond donors (Lipinski definition) is 1. The molecule has 108 valence electrons. The Hall–Kier alpha value is -2.11. The second-order valence-electron chi connectivity index (χ2n) is 5.00. The molecule has 0 spiro atoms. The lowest BCUT2D eigenvalue weighted by atomic mass is 10.2. The summed E-state index contributed by atoms with van der Waals surface area (Å²) in [5.74, 6) is -0.679. The van der Waals surface area contributed by atoms with Gasteiger partial charge in [-0.2, -0.15) is 0 Å². The molecule has 0 unspecified atom stereocenters. The topological polar surface area (TPSA) is 73.7 Å². The van der Waals surface area contributed by atoms with Gasteiger partial charge in [0.2, 0.25) is 0 Å². The van der Waals surface area contributed by atoms with E-state index in [-0.39, 0.29) is 5.91 Å². The normalized spacial score (nSPS) is 16.0.